The van der Waals surface area contributed by atoms with Crippen LogP contribution in [-0.4, -0.2) is 9.97 Å². The molecule has 1 aromatic heterocycles. The molecule has 0 atom stereocenters. The molecule has 1 heterocycles. The minimum Gasteiger partial charge on any atom is -0.421 e. The van der Waals surface area contributed by atoms with Gasteiger partial charge in [0.05, 0.1) is 0 Å². The van der Waals surface area contributed by atoms with Crippen molar-refractivity contribution < 1.29 is 13.5 Å². The molecule has 3 nitrogen and oxygen atoms in total. The van der Waals surface area contributed by atoms with Gasteiger partial charge in [-0.2, -0.15) is 4.39 Å². The predicted molar refractivity (Wildman–Crippen MR) is 61.1 cm³/mol. The van der Waals surface area contributed by atoms with Crippen molar-refractivity contribution in [3.8, 4) is 11.8 Å². The third kappa shape index (κ3) is 2.76. The van der Waals surface area contributed by atoms with Crippen LogP contribution in [-0.2, 0) is 5.33 Å². The van der Waals surface area contributed by atoms with E-state index < -0.39 is 11.6 Å². The molecule has 0 aliphatic heterocycles. The van der Waals surface area contributed by atoms with Crippen molar-refractivity contribution >= 4 is 15.9 Å². The van der Waals surface area contributed by atoms with Gasteiger partial charge in [-0.15, -0.1) is 0 Å². The lowest BCUT2D eigenvalue weighted by molar-refractivity contribution is 0.392. The van der Waals surface area contributed by atoms with Crippen molar-refractivity contribution in [1.29, 1.82) is 0 Å². The Morgan fingerprint density at radius 3 is 2.53 bits per heavy atom. The number of ether oxygens (including phenoxy) is 1. The second-order valence-corrected chi connectivity index (χ2v) is 3.72. The molecule has 2 rings (SSSR count). The number of hydrogen-bond donors (Lipinski definition) is 0. The zero-order valence-electron chi connectivity index (χ0n) is 8.53. The summed E-state index contributed by atoms with van der Waals surface area (Å²) in [6.45, 7) is 0. The summed E-state index contributed by atoms with van der Waals surface area (Å²) in [6.07, 6.45) is 3.07. The molecule has 0 fully saturated rings. The van der Waals surface area contributed by atoms with E-state index in [0.717, 1.165) is 11.6 Å². The first kappa shape index (κ1) is 11.9. The van der Waals surface area contributed by atoms with Crippen LogP contribution in [0.2, 0.25) is 0 Å². The van der Waals surface area contributed by atoms with E-state index in [1.54, 1.807) is 0 Å². The van der Waals surface area contributed by atoms with Crippen LogP contribution >= 0.6 is 15.9 Å². The Balaban J connectivity index is 2.22. The van der Waals surface area contributed by atoms with E-state index in [-0.39, 0.29) is 11.8 Å². The van der Waals surface area contributed by atoms with Gasteiger partial charge in [-0.05, 0) is 17.7 Å². The second-order valence-electron chi connectivity index (χ2n) is 3.16. The van der Waals surface area contributed by atoms with Crippen molar-refractivity contribution in [3.63, 3.8) is 0 Å². The Kier molecular flexibility index (Phi) is 3.63. The SMILES string of the molecule is Fc1cccc(Oc2ncc(CBr)cn2)c1F. The largest absolute Gasteiger partial charge is 0.421 e. The van der Waals surface area contributed by atoms with Gasteiger partial charge in [0.1, 0.15) is 0 Å². The fraction of sp³-hybridized carbons (Fsp3) is 0.0909. The maximum atomic E-state index is 13.3. The van der Waals surface area contributed by atoms with Gasteiger partial charge >= 0.3 is 6.01 Å². The summed E-state index contributed by atoms with van der Waals surface area (Å²) in [6, 6.07) is 3.64. The van der Waals surface area contributed by atoms with E-state index in [9.17, 15) is 8.78 Å². The van der Waals surface area contributed by atoms with E-state index in [1.807, 2.05) is 0 Å². The molecule has 0 saturated heterocycles. The fourth-order valence-electron chi connectivity index (χ4n) is 1.13. The van der Waals surface area contributed by atoms with Crippen LogP contribution in [0.3, 0.4) is 0 Å². The van der Waals surface area contributed by atoms with Crippen molar-refractivity contribution in [3.05, 3.63) is 47.8 Å². The van der Waals surface area contributed by atoms with E-state index in [2.05, 4.69) is 25.9 Å². The van der Waals surface area contributed by atoms with E-state index in [1.165, 1.54) is 24.5 Å². The third-order valence-corrected chi connectivity index (χ3v) is 2.60. The monoisotopic (exact) mass is 300 g/mol. The molecule has 1 aromatic carbocycles. The summed E-state index contributed by atoms with van der Waals surface area (Å²) in [5.41, 5.74) is 0.858. The third-order valence-electron chi connectivity index (χ3n) is 1.95. The molecule has 0 aliphatic carbocycles. The van der Waals surface area contributed by atoms with Gasteiger partial charge in [0.15, 0.2) is 11.6 Å². The fourth-order valence-corrected chi connectivity index (χ4v) is 1.42. The van der Waals surface area contributed by atoms with Gasteiger partial charge in [0, 0.05) is 17.7 Å². The number of hydrogen-bond acceptors (Lipinski definition) is 3. The van der Waals surface area contributed by atoms with Gasteiger partial charge in [-0.1, -0.05) is 22.0 Å². The number of nitrogens with zero attached hydrogens (tertiary/aromatic N) is 2. The molecule has 2 aromatic rings. The first-order valence-electron chi connectivity index (χ1n) is 4.69. The molecule has 0 radical (unpaired) electrons. The van der Waals surface area contributed by atoms with Gasteiger partial charge in [-0.3, -0.25) is 0 Å². The summed E-state index contributed by atoms with van der Waals surface area (Å²) in [4.78, 5) is 7.73. The van der Waals surface area contributed by atoms with Crippen LogP contribution in [0.4, 0.5) is 8.78 Å². The Morgan fingerprint density at radius 1 is 1.18 bits per heavy atom. The van der Waals surface area contributed by atoms with Gasteiger partial charge in [-0.25, -0.2) is 14.4 Å². The zero-order chi connectivity index (χ0) is 12.3. The normalized spacial score (nSPS) is 10.3. The summed E-state index contributed by atoms with van der Waals surface area (Å²) < 4.78 is 31.2. The van der Waals surface area contributed by atoms with Crippen molar-refractivity contribution in [2.75, 3.05) is 0 Å². The smallest absolute Gasteiger partial charge is 0.321 e. The van der Waals surface area contributed by atoms with Crippen LogP contribution in [0.25, 0.3) is 0 Å². The Morgan fingerprint density at radius 2 is 1.88 bits per heavy atom. The van der Waals surface area contributed by atoms with Gasteiger partial charge in [0.25, 0.3) is 0 Å². The number of benzene rings is 1. The molecule has 0 aliphatic rings. The maximum Gasteiger partial charge on any atom is 0.321 e. The Labute approximate surface area is 105 Å². The zero-order valence-corrected chi connectivity index (χ0v) is 10.1. The molecule has 17 heavy (non-hydrogen) atoms. The van der Waals surface area contributed by atoms with E-state index in [4.69, 9.17) is 4.74 Å². The summed E-state index contributed by atoms with van der Waals surface area (Å²) in [5, 5.41) is 0.613. The lowest BCUT2D eigenvalue weighted by Crippen LogP contribution is -1.96. The molecular formula is C11H7BrF2N2O. The predicted octanol–water partition coefficient (Wildman–Crippen LogP) is 3.44. The quantitative estimate of drug-likeness (QED) is 0.815. The topological polar surface area (TPSA) is 35.0 Å². The lowest BCUT2D eigenvalue weighted by atomic mass is 10.3. The standard InChI is InChI=1S/C11H7BrF2N2O/c12-4-7-5-15-11(16-6-7)17-9-3-1-2-8(13)10(9)14/h1-3,5-6H,4H2. The molecule has 88 valence electrons. The summed E-state index contributed by atoms with van der Waals surface area (Å²) in [7, 11) is 0. The number of alkyl halides is 1. The van der Waals surface area contributed by atoms with E-state index >= 15 is 0 Å². The number of rotatable bonds is 3. The van der Waals surface area contributed by atoms with Gasteiger partial charge < -0.3 is 4.74 Å². The average molecular weight is 301 g/mol. The second kappa shape index (κ2) is 5.18. The minimum absolute atomic E-state index is 0.0285. The highest BCUT2D eigenvalue weighted by Gasteiger charge is 2.10. The molecule has 0 saturated carbocycles. The highest BCUT2D eigenvalue weighted by Crippen LogP contribution is 2.23. The lowest BCUT2D eigenvalue weighted by Gasteiger charge is -2.05. The number of halogens is 3. The summed E-state index contributed by atoms with van der Waals surface area (Å²) in [5.74, 6) is -2.27. The molecule has 0 spiro atoms. The first-order valence-corrected chi connectivity index (χ1v) is 5.81. The molecule has 6 heteroatoms. The highest BCUT2D eigenvalue weighted by molar-refractivity contribution is 9.08. The van der Waals surface area contributed by atoms with E-state index in [0.29, 0.717) is 5.33 Å². The number of aromatic nitrogens is 2. The molecule has 0 unspecified atom stereocenters. The molecule has 0 amide bonds. The highest BCUT2D eigenvalue weighted by atomic mass is 79.9. The van der Waals surface area contributed by atoms with Crippen molar-refractivity contribution in [2.24, 2.45) is 0 Å². The van der Waals surface area contributed by atoms with Crippen LogP contribution in [0.5, 0.6) is 11.8 Å². The Hall–Kier alpha value is -1.56. The summed E-state index contributed by atoms with van der Waals surface area (Å²) >= 11 is 3.24. The van der Waals surface area contributed by atoms with Gasteiger partial charge in [0.2, 0.25) is 5.82 Å². The minimum atomic E-state index is -1.05. The molecule has 0 bridgehead atoms. The van der Waals surface area contributed by atoms with Crippen LogP contribution < -0.4 is 4.74 Å². The van der Waals surface area contributed by atoms with Crippen molar-refractivity contribution in [2.45, 2.75) is 5.33 Å². The van der Waals surface area contributed by atoms with Crippen LogP contribution in [0.1, 0.15) is 5.56 Å². The maximum absolute atomic E-state index is 13.3. The Bertz CT molecular complexity index is 519. The van der Waals surface area contributed by atoms with Crippen LogP contribution in [0.15, 0.2) is 30.6 Å². The van der Waals surface area contributed by atoms with Crippen LogP contribution in [0, 0.1) is 11.6 Å². The first-order chi connectivity index (χ1) is 8.20. The van der Waals surface area contributed by atoms with Crippen molar-refractivity contribution in [1.82, 2.24) is 9.97 Å². The molecular weight excluding hydrogens is 294 g/mol. The molecule has 0 N–H and O–H groups in total. The average Bonchev–Trinajstić information content (AvgIpc) is 2.36.